The second-order valence-electron chi connectivity index (χ2n) is 4.05. The molecule has 0 aliphatic carbocycles. The zero-order chi connectivity index (χ0) is 13.1. The van der Waals surface area contributed by atoms with Gasteiger partial charge in [-0.2, -0.15) is 5.10 Å². The standard InChI is InChI=1S/C14H11N3OS/c18-13-9-19-14(16-13)17-15-8-11-6-3-5-10-4-1-2-7-12(10)11/h1-8H,9H2,(H,16,17,18). The minimum absolute atomic E-state index is 0.0240. The van der Waals surface area contributed by atoms with Crippen LogP contribution in [0.1, 0.15) is 5.56 Å². The summed E-state index contributed by atoms with van der Waals surface area (Å²) in [5.74, 6) is 0.395. The molecule has 3 rings (SSSR count). The quantitative estimate of drug-likeness (QED) is 0.672. The Labute approximate surface area is 114 Å². The molecule has 0 radical (unpaired) electrons. The highest BCUT2D eigenvalue weighted by atomic mass is 32.2. The zero-order valence-corrected chi connectivity index (χ0v) is 10.9. The maximum Gasteiger partial charge on any atom is 0.236 e. The lowest BCUT2D eigenvalue weighted by Crippen LogP contribution is -2.19. The van der Waals surface area contributed by atoms with Gasteiger partial charge >= 0.3 is 0 Å². The summed E-state index contributed by atoms with van der Waals surface area (Å²) in [4.78, 5) is 11.0. The molecule has 1 aliphatic heterocycles. The molecule has 1 fully saturated rings. The first-order valence-electron chi connectivity index (χ1n) is 5.84. The van der Waals surface area contributed by atoms with Gasteiger partial charge in [-0.15, -0.1) is 5.10 Å². The molecule has 0 bridgehead atoms. The summed E-state index contributed by atoms with van der Waals surface area (Å²) < 4.78 is 0. The Bertz CT molecular complexity index is 689. The van der Waals surface area contributed by atoms with E-state index in [1.54, 1.807) is 6.21 Å². The maximum atomic E-state index is 11.0. The number of carbonyl (C=O) groups is 1. The topological polar surface area (TPSA) is 53.8 Å². The van der Waals surface area contributed by atoms with Crippen molar-refractivity contribution in [1.29, 1.82) is 0 Å². The highest BCUT2D eigenvalue weighted by molar-refractivity contribution is 8.15. The van der Waals surface area contributed by atoms with Crippen molar-refractivity contribution in [3.05, 3.63) is 48.0 Å². The van der Waals surface area contributed by atoms with Crippen LogP contribution in [0.3, 0.4) is 0 Å². The summed E-state index contributed by atoms with van der Waals surface area (Å²) >= 11 is 1.36. The Morgan fingerprint density at radius 2 is 2.00 bits per heavy atom. The van der Waals surface area contributed by atoms with Gasteiger partial charge in [0.15, 0.2) is 5.17 Å². The molecule has 4 nitrogen and oxygen atoms in total. The summed E-state index contributed by atoms with van der Waals surface area (Å²) in [5.41, 5.74) is 1.01. The lowest BCUT2D eigenvalue weighted by molar-refractivity contribution is -0.116. The van der Waals surface area contributed by atoms with E-state index >= 15 is 0 Å². The van der Waals surface area contributed by atoms with Gasteiger partial charge in [0.05, 0.1) is 12.0 Å². The van der Waals surface area contributed by atoms with Crippen LogP contribution in [0.2, 0.25) is 0 Å². The van der Waals surface area contributed by atoms with Gasteiger partial charge in [-0.1, -0.05) is 54.2 Å². The van der Waals surface area contributed by atoms with E-state index in [-0.39, 0.29) is 5.91 Å². The van der Waals surface area contributed by atoms with Gasteiger partial charge < -0.3 is 5.32 Å². The number of nitrogens with zero attached hydrogens (tertiary/aromatic N) is 2. The SMILES string of the molecule is O=C1CS/C(=N/N=Cc2cccc3ccccc23)N1. The number of fused-ring (bicyclic) bond motifs is 1. The van der Waals surface area contributed by atoms with E-state index in [0.717, 1.165) is 10.9 Å². The number of hydrogen-bond donors (Lipinski definition) is 1. The highest BCUT2D eigenvalue weighted by Crippen LogP contribution is 2.17. The number of benzene rings is 2. The third kappa shape index (κ3) is 2.66. The van der Waals surface area contributed by atoms with E-state index in [4.69, 9.17) is 0 Å². The van der Waals surface area contributed by atoms with Crippen molar-refractivity contribution in [2.75, 3.05) is 5.75 Å². The predicted molar refractivity (Wildman–Crippen MR) is 79.6 cm³/mol. The number of hydrogen-bond acceptors (Lipinski definition) is 4. The molecule has 1 N–H and O–H groups in total. The molecular formula is C14H11N3OS. The molecule has 0 atom stereocenters. The molecule has 1 saturated heterocycles. The van der Waals surface area contributed by atoms with Crippen LogP contribution in [0.25, 0.3) is 10.8 Å². The maximum absolute atomic E-state index is 11.0. The number of rotatable bonds is 2. The van der Waals surface area contributed by atoms with E-state index in [9.17, 15) is 4.79 Å². The van der Waals surface area contributed by atoms with E-state index < -0.39 is 0 Å². The summed E-state index contributed by atoms with van der Waals surface area (Å²) in [6.07, 6.45) is 1.71. The van der Waals surface area contributed by atoms with Gasteiger partial charge in [-0.3, -0.25) is 4.79 Å². The van der Waals surface area contributed by atoms with Crippen LogP contribution in [0.15, 0.2) is 52.7 Å². The fourth-order valence-corrected chi connectivity index (χ4v) is 2.52. The molecule has 0 spiro atoms. The average Bonchev–Trinajstić information content (AvgIpc) is 2.85. The molecule has 1 amide bonds. The minimum Gasteiger partial charge on any atom is -0.303 e. The summed E-state index contributed by atoms with van der Waals surface area (Å²) in [7, 11) is 0. The first-order valence-corrected chi connectivity index (χ1v) is 6.83. The van der Waals surface area contributed by atoms with Crippen molar-refractivity contribution in [2.24, 2.45) is 10.2 Å². The molecular weight excluding hydrogens is 258 g/mol. The first kappa shape index (κ1) is 11.9. The monoisotopic (exact) mass is 269 g/mol. The lowest BCUT2D eigenvalue weighted by atomic mass is 10.1. The number of carbonyl (C=O) groups excluding carboxylic acids is 1. The summed E-state index contributed by atoms with van der Waals surface area (Å²) in [5, 5.41) is 13.5. The largest absolute Gasteiger partial charge is 0.303 e. The Kier molecular flexibility index (Phi) is 3.29. The van der Waals surface area contributed by atoms with Crippen LogP contribution in [0.4, 0.5) is 0 Å². The summed E-state index contributed by atoms with van der Waals surface area (Å²) in [6.45, 7) is 0. The van der Waals surface area contributed by atoms with Crippen LogP contribution in [0, 0.1) is 0 Å². The zero-order valence-electron chi connectivity index (χ0n) is 10.0. The number of amidine groups is 1. The van der Waals surface area contributed by atoms with Gasteiger partial charge in [-0.25, -0.2) is 0 Å². The predicted octanol–water partition coefficient (Wildman–Crippen LogP) is 2.39. The molecule has 2 aromatic rings. The Hall–Kier alpha value is -2.14. The molecule has 2 aromatic carbocycles. The van der Waals surface area contributed by atoms with Crippen molar-refractivity contribution < 1.29 is 4.79 Å². The van der Waals surface area contributed by atoms with E-state index in [0.29, 0.717) is 10.9 Å². The molecule has 94 valence electrons. The molecule has 0 unspecified atom stereocenters. The van der Waals surface area contributed by atoms with E-state index in [2.05, 4.69) is 33.7 Å². The number of nitrogens with one attached hydrogen (secondary N) is 1. The average molecular weight is 269 g/mol. The second-order valence-corrected chi connectivity index (χ2v) is 5.02. The van der Waals surface area contributed by atoms with Crippen LogP contribution in [-0.4, -0.2) is 23.0 Å². The van der Waals surface area contributed by atoms with Crippen molar-refractivity contribution in [3.8, 4) is 0 Å². The van der Waals surface area contributed by atoms with Crippen LogP contribution < -0.4 is 5.32 Å². The van der Waals surface area contributed by atoms with Crippen molar-refractivity contribution in [3.63, 3.8) is 0 Å². The van der Waals surface area contributed by atoms with Gasteiger partial charge in [0.25, 0.3) is 0 Å². The first-order chi connectivity index (χ1) is 9.33. The van der Waals surface area contributed by atoms with Crippen LogP contribution >= 0.6 is 11.8 Å². The molecule has 0 saturated carbocycles. The minimum atomic E-state index is -0.0240. The van der Waals surface area contributed by atoms with Gasteiger partial charge in [0.2, 0.25) is 5.91 Å². The molecule has 0 aromatic heterocycles. The third-order valence-electron chi connectivity index (χ3n) is 2.76. The molecule has 19 heavy (non-hydrogen) atoms. The Balaban J connectivity index is 1.87. The van der Waals surface area contributed by atoms with Crippen LogP contribution in [0.5, 0.6) is 0 Å². The third-order valence-corrected chi connectivity index (χ3v) is 3.62. The van der Waals surface area contributed by atoms with Gasteiger partial charge in [-0.05, 0) is 10.8 Å². The molecule has 1 heterocycles. The van der Waals surface area contributed by atoms with Crippen molar-refractivity contribution in [2.45, 2.75) is 0 Å². The smallest absolute Gasteiger partial charge is 0.236 e. The second kappa shape index (κ2) is 5.24. The normalized spacial score (nSPS) is 17.5. The highest BCUT2D eigenvalue weighted by Gasteiger charge is 2.15. The Morgan fingerprint density at radius 1 is 1.16 bits per heavy atom. The fraction of sp³-hybridized carbons (Fsp3) is 0.0714. The molecule has 5 heteroatoms. The fourth-order valence-electron chi connectivity index (χ4n) is 1.89. The van der Waals surface area contributed by atoms with Gasteiger partial charge in [0.1, 0.15) is 0 Å². The summed E-state index contributed by atoms with van der Waals surface area (Å²) in [6, 6.07) is 14.2. The number of amides is 1. The van der Waals surface area contributed by atoms with Crippen molar-refractivity contribution >= 4 is 39.8 Å². The lowest BCUT2D eigenvalue weighted by Gasteiger charge is -2.00. The van der Waals surface area contributed by atoms with Crippen LogP contribution in [-0.2, 0) is 4.79 Å². The van der Waals surface area contributed by atoms with E-state index in [1.165, 1.54) is 17.1 Å². The van der Waals surface area contributed by atoms with Gasteiger partial charge in [0, 0.05) is 5.56 Å². The van der Waals surface area contributed by atoms with E-state index in [1.807, 2.05) is 24.3 Å². The Morgan fingerprint density at radius 3 is 2.84 bits per heavy atom. The number of thioether (sulfide) groups is 1. The van der Waals surface area contributed by atoms with Crippen molar-refractivity contribution in [1.82, 2.24) is 5.32 Å². The molecule has 1 aliphatic rings.